The zero-order valence-electron chi connectivity index (χ0n) is 10.9. The Morgan fingerprint density at radius 3 is 2.68 bits per heavy atom. The van der Waals surface area contributed by atoms with Crippen molar-refractivity contribution in [3.8, 4) is 0 Å². The molecule has 0 spiro atoms. The van der Waals surface area contributed by atoms with Gasteiger partial charge in [0.15, 0.2) is 0 Å². The minimum absolute atomic E-state index is 0.0758. The van der Waals surface area contributed by atoms with Crippen LogP contribution in [-0.4, -0.2) is 24.7 Å². The van der Waals surface area contributed by atoms with E-state index >= 15 is 0 Å². The van der Waals surface area contributed by atoms with Crippen LogP contribution in [0.3, 0.4) is 0 Å². The number of benzene rings is 1. The maximum absolute atomic E-state index is 13.0. The summed E-state index contributed by atoms with van der Waals surface area (Å²) in [6.07, 6.45) is 1.77. The topological polar surface area (TPSA) is 64.4 Å². The van der Waals surface area contributed by atoms with Crippen LogP contribution in [0.4, 0.5) is 4.39 Å². The monoisotopic (exact) mass is 266 g/mol. The molecule has 1 aliphatic heterocycles. The predicted octanol–water partition coefficient (Wildman–Crippen LogP) is 1.51. The molecular formula is C14H19FN2O2. The largest absolute Gasteiger partial charge is 0.376 e. The third kappa shape index (κ3) is 3.52. The Hall–Kier alpha value is -1.46. The van der Waals surface area contributed by atoms with Crippen molar-refractivity contribution in [2.45, 2.75) is 38.0 Å². The fourth-order valence-electron chi connectivity index (χ4n) is 2.21. The van der Waals surface area contributed by atoms with Crippen molar-refractivity contribution in [1.82, 2.24) is 5.32 Å². The molecule has 1 aliphatic rings. The Morgan fingerprint density at radius 2 is 2.16 bits per heavy atom. The average Bonchev–Trinajstić information content (AvgIpc) is 2.90. The van der Waals surface area contributed by atoms with Crippen LogP contribution in [0.25, 0.3) is 0 Å². The summed E-state index contributed by atoms with van der Waals surface area (Å²) < 4.78 is 18.6. The van der Waals surface area contributed by atoms with Crippen molar-refractivity contribution in [1.29, 1.82) is 0 Å². The van der Waals surface area contributed by atoms with E-state index in [4.69, 9.17) is 10.5 Å². The van der Waals surface area contributed by atoms with E-state index in [0.717, 1.165) is 18.4 Å². The molecule has 4 nitrogen and oxygen atoms in total. The fraction of sp³-hybridized carbons (Fsp3) is 0.500. The molecule has 3 N–H and O–H groups in total. The van der Waals surface area contributed by atoms with Crippen LogP contribution in [0, 0.1) is 5.82 Å². The third-order valence-electron chi connectivity index (χ3n) is 3.28. The number of carbonyl (C=O) groups excluding carboxylic acids is 1. The molecule has 104 valence electrons. The zero-order valence-corrected chi connectivity index (χ0v) is 10.9. The predicted molar refractivity (Wildman–Crippen MR) is 69.9 cm³/mol. The van der Waals surface area contributed by atoms with E-state index in [1.54, 1.807) is 19.1 Å². The van der Waals surface area contributed by atoms with Gasteiger partial charge in [-0.2, -0.15) is 0 Å². The molecule has 0 saturated carbocycles. The Bertz CT molecular complexity index is 428. The highest BCUT2D eigenvalue weighted by molar-refractivity contribution is 5.81. The van der Waals surface area contributed by atoms with Crippen LogP contribution in [-0.2, 0) is 9.53 Å². The molecule has 1 saturated heterocycles. The number of nitrogens with one attached hydrogen (secondary N) is 1. The molecule has 1 amide bonds. The Morgan fingerprint density at radius 1 is 1.47 bits per heavy atom. The maximum Gasteiger partial charge on any atom is 0.237 e. The lowest BCUT2D eigenvalue weighted by Crippen LogP contribution is -2.43. The number of halogens is 1. The summed E-state index contributed by atoms with van der Waals surface area (Å²) in [7, 11) is 0. The number of amides is 1. The average molecular weight is 266 g/mol. The van der Waals surface area contributed by atoms with Gasteiger partial charge in [0.2, 0.25) is 5.91 Å². The number of carbonyl (C=O) groups is 1. The summed E-state index contributed by atoms with van der Waals surface area (Å²) in [6.45, 7) is 2.32. The number of hydrogen-bond donors (Lipinski definition) is 2. The molecule has 1 aromatic rings. The lowest BCUT2D eigenvalue weighted by molar-refractivity contribution is -0.123. The normalized spacial score (nSPS) is 21.9. The van der Waals surface area contributed by atoms with Gasteiger partial charge in [-0.05, 0) is 37.5 Å². The van der Waals surface area contributed by atoms with Gasteiger partial charge in [0.1, 0.15) is 5.82 Å². The lowest BCUT2D eigenvalue weighted by atomic mass is 9.99. The molecule has 1 fully saturated rings. The molecule has 2 unspecified atom stereocenters. The minimum Gasteiger partial charge on any atom is -0.376 e. The van der Waals surface area contributed by atoms with E-state index in [0.29, 0.717) is 6.61 Å². The van der Waals surface area contributed by atoms with Crippen molar-refractivity contribution in [2.24, 2.45) is 5.73 Å². The molecule has 5 heteroatoms. The summed E-state index contributed by atoms with van der Waals surface area (Å²) in [5, 5.41) is 2.88. The first-order chi connectivity index (χ1) is 9.08. The van der Waals surface area contributed by atoms with Gasteiger partial charge >= 0.3 is 0 Å². The lowest BCUT2D eigenvalue weighted by Gasteiger charge is -2.25. The van der Waals surface area contributed by atoms with Crippen LogP contribution in [0.15, 0.2) is 24.3 Å². The van der Waals surface area contributed by atoms with Crippen LogP contribution in [0.1, 0.15) is 31.4 Å². The molecule has 0 aliphatic carbocycles. The number of rotatable bonds is 4. The molecule has 0 aromatic heterocycles. The summed E-state index contributed by atoms with van der Waals surface area (Å²) in [4.78, 5) is 11.8. The van der Waals surface area contributed by atoms with Crippen LogP contribution in [0.5, 0.6) is 0 Å². The quantitative estimate of drug-likeness (QED) is 0.868. The number of nitrogens with two attached hydrogens (primary N) is 1. The minimum atomic E-state index is -0.579. The van der Waals surface area contributed by atoms with Gasteiger partial charge in [0.05, 0.1) is 18.2 Å². The second-order valence-corrected chi connectivity index (χ2v) is 4.88. The highest BCUT2D eigenvalue weighted by Gasteiger charge is 2.29. The van der Waals surface area contributed by atoms with Crippen molar-refractivity contribution in [3.05, 3.63) is 35.6 Å². The fourth-order valence-corrected chi connectivity index (χ4v) is 2.21. The number of hydrogen-bond acceptors (Lipinski definition) is 3. The van der Waals surface area contributed by atoms with E-state index in [2.05, 4.69) is 5.32 Å². The van der Waals surface area contributed by atoms with E-state index in [1.165, 1.54) is 12.1 Å². The van der Waals surface area contributed by atoms with Crippen molar-refractivity contribution >= 4 is 5.91 Å². The van der Waals surface area contributed by atoms with E-state index < -0.39 is 6.04 Å². The second-order valence-electron chi connectivity index (χ2n) is 4.88. The highest BCUT2D eigenvalue weighted by Crippen LogP contribution is 2.27. The zero-order chi connectivity index (χ0) is 13.8. The van der Waals surface area contributed by atoms with Crippen LogP contribution < -0.4 is 11.1 Å². The van der Waals surface area contributed by atoms with Crippen molar-refractivity contribution in [2.75, 3.05) is 6.61 Å². The molecule has 0 radical (unpaired) electrons. The Balaban J connectivity index is 2.18. The first kappa shape index (κ1) is 14.0. The highest BCUT2D eigenvalue weighted by atomic mass is 19.1. The van der Waals surface area contributed by atoms with Gasteiger partial charge in [-0.25, -0.2) is 4.39 Å². The third-order valence-corrected chi connectivity index (χ3v) is 3.28. The molecule has 2 rings (SSSR count). The molecule has 0 bridgehead atoms. The molecule has 19 heavy (non-hydrogen) atoms. The van der Waals surface area contributed by atoms with Gasteiger partial charge < -0.3 is 15.8 Å². The standard InChI is InChI=1S/C14H19FN2O2/c1-9(16)14(18)17-13(12-3-2-8-19-12)10-4-6-11(15)7-5-10/h4-7,9,12-13H,2-3,8,16H2,1H3,(H,17,18)/t9-,12?,13?/m1/s1. The molecule has 3 atom stereocenters. The van der Waals surface area contributed by atoms with Gasteiger partial charge in [-0.1, -0.05) is 12.1 Å². The van der Waals surface area contributed by atoms with E-state index in [9.17, 15) is 9.18 Å². The van der Waals surface area contributed by atoms with Gasteiger partial charge in [-0.3, -0.25) is 4.79 Å². The Labute approximate surface area is 112 Å². The molecule has 1 aromatic carbocycles. The van der Waals surface area contributed by atoms with Gasteiger partial charge in [-0.15, -0.1) is 0 Å². The first-order valence-corrected chi connectivity index (χ1v) is 6.51. The van der Waals surface area contributed by atoms with E-state index in [1.807, 2.05) is 0 Å². The number of ether oxygens (including phenoxy) is 1. The SMILES string of the molecule is C[C@@H](N)C(=O)NC(c1ccc(F)cc1)C1CCCO1. The van der Waals surface area contributed by atoms with E-state index in [-0.39, 0.29) is 23.9 Å². The molecular weight excluding hydrogens is 247 g/mol. The van der Waals surface area contributed by atoms with Crippen molar-refractivity contribution in [3.63, 3.8) is 0 Å². The van der Waals surface area contributed by atoms with Crippen molar-refractivity contribution < 1.29 is 13.9 Å². The van der Waals surface area contributed by atoms with Gasteiger partial charge in [0.25, 0.3) is 0 Å². The summed E-state index contributed by atoms with van der Waals surface area (Å²) in [5.41, 5.74) is 6.41. The van der Waals surface area contributed by atoms with Gasteiger partial charge in [0, 0.05) is 6.61 Å². The maximum atomic E-state index is 13.0. The first-order valence-electron chi connectivity index (χ1n) is 6.51. The summed E-state index contributed by atoms with van der Waals surface area (Å²) in [6, 6.07) is 5.25. The van der Waals surface area contributed by atoms with Crippen LogP contribution in [0.2, 0.25) is 0 Å². The second kappa shape index (κ2) is 6.12. The smallest absolute Gasteiger partial charge is 0.237 e. The Kier molecular flexibility index (Phi) is 4.50. The van der Waals surface area contributed by atoms with Crippen LogP contribution >= 0.6 is 0 Å². The summed E-state index contributed by atoms with van der Waals surface area (Å²) >= 11 is 0. The summed E-state index contributed by atoms with van der Waals surface area (Å²) in [5.74, 6) is -0.529. The molecule has 1 heterocycles.